The van der Waals surface area contributed by atoms with E-state index in [1.807, 2.05) is 36.4 Å². The van der Waals surface area contributed by atoms with Gasteiger partial charge in [0, 0.05) is 19.1 Å². The third kappa shape index (κ3) is 4.61. The number of hydrogen-bond donors (Lipinski definition) is 1. The van der Waals surface area contributed by atoms with Crippen molar-refractivity contribution in [1.29, 1.82) is 0 Å². The highest BCUT2D eigenvalue weighted by atomic mass is 16.7. The van der Waals surface area contributed by atoms with Crippen LogP contribution in [0.15, 0.2) is 48.5 Å². The summed E-state index contributed by atoms with van der Waals surface area (Å²) in [6, 6.07) is 14.5. The molecule has 28 heavy (non-hydrogen) atoms. The molecule has 1 unspecified atom stereocenters. The molecule has 0 aliphatic carbocycles. The van der Waals surface area contributed by atoms with Gasteiger partial charge in [-0.1, -0.05) is 42.5 Å². The number of carbonyl (C=O) groups excluding carboxylic acids is 2. The van der Waals surface area contributed by atoms with E-state index >= 15 is 0 Å². The van der Waals surface area contributed by atoms with E-state index in [4.69, 9.17) is 14.2 Å². The van der Waals surface area contributed by atoms with E-state index in [2.05, 4.69) is 0 Å². The van der Waals surface area contributed by atoms with Crippen LogP contribution in [0.1, 0.15) is 18.1 Å². The normalized spacial score (nSPS) is 15.5. The highest BCUT2D eigenvalue weighted by Crippen LogP contribution is 2.38. The third-order valence-corrected chi connectivity index (χ3v) is 4.44. The summed E-state index contributed by atoms with van der Waals surface area (Å²) < 4.78 is 15.6. The van der Waals surface area contributed by atoms with Crippen molar-refractivity contribution in [3.05, 3.63) is 59.7 Å². The van der Waals surface area contributed by atoms with E-state index in [9.17, 15) is 14.7 Å². The standard InChI is InChI=1S/C21H23NO6/c1-2-26-21(25)28-18-10-6-9-17-11-16(13-23)12-22(19(17)18)20(24)27-14-15-7-4-3-5-8-15/h3-10,16,23H,2,11-14H2,1H3. The molecule has 0 saturated heterocycles. The van der Waals surface area contributed by atoms with Crippen LogP contribution in [0.2, 0.25) is 0 Å². The summed E-state index contributed by atoms with van der Waals surface area (Å²) in [5, 5.41) is 9.62. The van der Waals surface area contributed by atoms with Crippen LogP contribution in [0.25, 0.3) is 0 Å². The SMILES string of the molecule is CCOC(=O)Oc1cccc2c1N(C(=O)OCc1ccccc1)CC(CO)C2. The van der Waals surface area contributed by atoms with Crippen molar-refractivity contribution in [3.8, 4) is 5.75 Å². The number of anilines is 1. The van der Waals surface area contributed by atoms with Gasteiger partial charge in [0.05, 0.1) is 12.3 Å². The van der Waals surface area contributed by atoms with Gasteiger partial charge in [0.15, 0.2) is 5.75 Å². The molecule has 0 bridgehead atoms. The minimum atomic E-state index is -0.835. The average Bonchev–Trinajstić information content (AvgIpc) is 2.72. The molecule has 1 atom stereocenters. The van der Waals surface area contributed by atoms with Gasteiger partial charge in [0.1, 0.15) is 6.61 Å². The molecule has 1 N–H and O–H groups in total. The lowest BCUT2D eigenvalue weighted by atomic mass is 9.93. The van der Waals surface area contributed by atoms with Crippen LogP contribution in [0.3, 0.4) is 0 Å². The van der Waals surface area contributed by atoms with Crippen molar-refractivity contribution < 1.29 is 28.9 Å². The molecule has 0 fully saturated rings. The minimum absolute atomic E-state index is 0.0646. The first-order valence-corrected chi connectivity index (χ1v) is 9.18. The number of hydrogen-bond acceptors (Lipinski definition) is 6. The first-order valence-electron chi connectivity index (χ1n) is 9.18. The largest absolute Gasteiger partial charge is 0.513 e. The summed E-state index contributed by atoms with van der Waals surface area (Å²) in [5.41, 5.74) is 2.13. The number of carbonyl (C=O) groups is 2. The van der Waals surface area contributed by atoms with Gasteiger partial charge in [0.2, 0.25) is 0 Å². The van der Waals surface area contributed by atoms with Crippen LogP contribution < -0.4 is 9.64 Å². The topological polar surface area (TPSA) is 85.3 Å². The molecule has 7 nitrogen and oxygen atoms in total. The molecule has 1 amide bonds. The summed E-state index contributed by atoms with van der Waals surface area (Å²) in [7, 11) is 0. The van der Waals surface area contributed by atoms with Gasteiger partial charge in [0.25, 0.3) is 0 Å². The monoisotopic (exact) mass is 385 g/mol. The molecule has 1 heterocycles. The van der Waals surface area contributed by atoms with Gasteiger partial charge in [-0.25, -0.2) is 9.59 Å². The van der Waals surface area contributed by atoms with Crippen molar-refractivity contribution in [2.24, 2.45) is 5.92 Å². The van der Waals surface area contributed by atoms with Gasteiger partial charge in [-0.05, 0) is 30.5 Å². The van der Waals surface area contributed by atoms with Crippen LogP contribution in [-0.4, -0.2) is 37.1 Å². The summed E-state index contributed by atoms with van der Waals surface area (Å²) in [6.07, 6.45) is -0.838. The lowest BCUT2D eigenvalue weighted by molar-refractivity contribution is 0.104. The first-order chi connectivity index (χ1) is 13.6. The molecule has 1 aliphatic heterocycles. The maximum atomic E-state index is 12.8. The molecular formula is C21H23NO6. The second-order valence-electron chi connectivity index (χ2n) is 6.45. The van der Waals surface area contributed by atoms with Crippen molar-refractivity contribution in [3.63, 3.8) is 0 Å². The zero-order chi connectivity index (χ0) is 19.9. The molecule has 0 saturated carbocycles. The van der Waals surface area contributed by atoms with Crippen molar-refractivity contribution >= 4 is 17.9 Å². The van der Waals surface area contributed by atoms with Crippen LogP contribution in [0.4, 0.5) is 15.3 Å². The van der Waals surface area contributed by atoms with Gasteiger partial charge in [-0.15, -0.1) is 0 Å². The highest BCUT2D eigenvalue weighted by Gasteiger charge is 2.32. The van der Waals surface area contributed by atoms with Crippen LogP contribution in [-0.2, 0) is 22.5 Å². The lowest BCUT2D eigenvalue weighted by Crippen LogP contribution is -2.41. The zero-order valence-corrected chi connectivity index (χ0v) is 15.7. The number of aliphatic hydroxyl groups excluding tert-OH is 1. The molecular weight excluding hydrogens is 362 g/mol. The lowest BCUT2D eigenvalue weighted by Gasteiger charge is -2.34. The van der Waals surface area contributed by atoms with Crippen LogP contribution in [0, 0.1) is 5.92 Å². The number of nitrogens with zero attached hydrogens (tertiary/aromatic N) is 1. The smallest absolute Gasteiger partial charge is 0.444 e. The first kappa shape index (κ1) is 19.7. The number of rotatable bonds is 5. The number of fused-ring (bicyclic) bond motifs is 1. The number of amides is 1. The maximum Gasteiger partial charge on any atom is 0.513 e. The Hall–Kier alpha value is -3.06. The van der Waals surface area contributed by atoms with Crippen LogP contribution in [0.5, 0.6) is 5.75 Å². The minimum Gasteiger partial charge on any atom is -0.444 e. The van der Waals surface area contributed by atoms with E-state index in [1.165, 1.54) is 4.90 Å². The molecule has 1 aliphatic rings. The second kappa shape index (κ2) is 9.23. The zero-order valence-electron chi connectivity index (χ0n) is 15.7. The van der Waals surface area contributed by atoms with Crippen LogP contribution >= 0.6 is 0 Å². The summed E-state index contributed by atoms with van der Waals surface area (Å²) in [4.78, 5) is 26.0. The third-order valence-electron chi connectivity index (χ3n) is 4.44. The Balaban J connectivity index is 1.84. The average molecular weight is 385 g/mol. The molecule has 3 rings (SSSR count). The summed E-state index contributed by atoms with van der Waals surface area (Å²) in [6.45, 7) is 2.19. The number of ether oxygens (including phenoxy) is 3. The van der Waals surface area contributed by atoms with E-state index in [0.29, 0.717) is 12.1 Å². The Morgan fingerprint density at radius 2 is 1.89 bits per heavy atom. The Labute approximate surface area is 163 Å². The van der Waals surface area contributed by atoms with Gasteiger partial charge in [-0.2, -0.15) is 0 Å². The summed E-state index contributed by atoms with van der Waals surface area (Å²) in [5.74, 6) is 0.0959. The Bertz CT molecular complexity index is 823. The molecule has 0 aromatic heterocycles. The fraction of sp³-hybridized carbons (Fsp3) is 0.333. The van der Waals surface area contributed by atoms with E-state index in [1.54, 1.807) is 19.1 Å². The Morgan fingerprint density at radius 1 is 1.11 bits per heavy atom. The molecule has 0 radical (unpaired) electrons. The van der Waals surface area contributed by atoms with Gasteiger partial charge < -0.3 is 19.3 Å². The van der Waals surface area contributed by atoms with Gasteiger partial charge in [-0.3, -0.25) is 4.90 Å². The fourth-order valence-electron chi connectivity index (χ4n) is 3.17. The Kier molecular flexibility index (Phi) is 6.49. The fourth-order valence-corrected chi connectivity index (χ4v) is 3.17. The maximum absolute atomic E-state index is 12.8. The quantitative estimate of drug-likeness (QED) is 0.626. The van der Waals surface area contributed by atoms with E-state index < -0.39 is 12.2 Å². The number of benzene rings is 2. The second-order valence-corrected chi connectivity index (χ2v) is 6.45. The van der Waals surface area contributed by atoms with Crippen molar-refractivity contribution in [2.75, 3.05) is 24.7 Å². The van der Waals surface area contributed by atoms with Crippen molar-refractivity contribution in [2.45, 2.75) is 20.0 Å². The van der Waals surface area contributed by atoms with E-state index in [-0.39, 0.29) is 38.0 Å². The van der Waals surface area contributed by atoms with Crippen molar-refractivity contribution in [1.82, 2.24) is 0 Å². The predicted molar refractivity (Wildman–Crippen MR) is 102 cm³/mol. The van der Waals surface area contributed by atoms with Gasteiger partial charge >= 0.3 is 12.2 Å². The predicted octanol–water partition coefficient (Wildman–Crippen LogP) is 3.53. The molecule has 7 heteroatoms. The number of aliphatic hydroxyl groups is 1. The molecule has 2 aromatic rings. The highest BCUT2D eigenvalue weighted by molar-refractivity contribution is 5.92. The molecule has 2 aromatic carbocycles. The van der Waals surface area contributed by atoms with E-state index in [0.717, 1.165) is 11.1 Å². The summed E-state index contributed by atoms with van der Waals surface area (Å²) >= 11 is 0. The molecule has 148 valence electrons. The molecule has 0 spiro atoms. The Morgan fingerprint density at radius 3 is 2.61 bits per heavy atom. The number of para-hydroxylation sites is 1.